The van der Waals surface area contributed by atoms with Crippen LogP contribution in [0.5, 0.6) is 0 Å². The van der Waals surface area contributed by atoms with E-state index in [1.54, 1.807) is 0 Å². The number of aromatic nitrogens is 6. The maximum absolute atomic E-state index is 9.74. The molecule has 0 radical (unpaired) electrons. The van der Waals surface area contributed by atoms with Gasteiger partial charge in [0.15, 0.2) is 31.9 Å². The lowest BCUT2D eigenvalue weighted by Gasteiger charge is -2.17. The van der Waals surface area contributed by atoms with Crippen LogP contribution in [0.3, 0.4) is 0 Å². The average Bonchev–Trinajstić information content (AvgIpc) is 3.43. The molecule has 0 saturated heterocycles. The first-order valence-corrected chi connectivity index (χ1v) is 15.7. The molecule has 0 amide bonds. The molecule has 4 aromatic heterocycles. The topological polar surface area (TPSA) is 142 Å². The molecule has 4 N–H and O–H groups in total. The summed E-state index contributed by atoms with van der Waals surface area (Å²) >= 11 is 14.9. The second-order valence-electron chi connectivity index (χ2n) is 7.74. The standard InChI is InChI=1S/C20H24Cl2N8O2S4/c1-3-5-9(7-31)23-13-11-15(25-17(21)33-11)29-19(27-13)35-36-20-28-14(24-10(8-32)6-4-2)12-16(30-20)26-18(22)34-12/h9-10,31-32H,3-8H2,1-2H3,(H,23,27,29)(H,24,28,30)/t9-,10-/m1/s1. The smallest absolute Gasteiger partial charge is 0.202 e. The van der Waals surface area contributed by atoms with Crippen LogP contribution in [-0.2, 0) is 0 Å². The van der Waals surface area contributed by atoms with Crippen molar-refractivity contribution in [1.29, 1.82) is 0 Å². The third-order valence-corrected chi connectivity index (χ3v) is 9.20. The van der Waals surface area contributed by atoms with Crippen molar-refractivity contribution in [3.05, 3.63) is 8.93 Å². The molecule has 36 heavy (non-hydrogen) atoms. The fraction of sp³-hybridized carbons (Fsp3) is 0.500. The van der Waals surface area contributed by atoms with Crippen molar-refractivity contribution in [2.45, 2.75) is 61.9 Å². The number of thiazole rings is 2. The van der Waals surface area contributed by atoms with Gasteiger partial charge in [0.2, 0.25) is 10.3 Å². The van der Waals surface area contributed by atoms with Crippen LogP contribution < -0.4 is 10.6 Å². The molecule has 10 nitrogen and oxygen atoms in total. The molecule has 0 aliphatic rings. The van der Waals surface area contributed by atoms with Crippen LogP contribution >= 0.6 is 67.5 Å². The van der Waals surface area contributed by atoms with Gasteiger partial charge in [-0.2, -0.15) is 0 Å². The Hall–Kier alpha value is -1.26. The van der Waals surface area contributed by atoms with Gasteiger partial charge in [0, 0.05) is 0 Å². The van der Waals surface area contributed by atoms with E-state index in [9.17, 15) is 10.2 Å². The minimum atomic E-state index is -0.143. The highest BCUT2D eigenvalue weighted by Crippen LogP contribution is 2.39. The predicted molar refractivity (Wildman–Crippen MR) is 151 cm³/mol. The number of aliphatic hydroxyl groups excluding tert-OH is 2. The molecule has 0 aliphatic carbocycles. The first kappa shape index (κ1) is 27.8. The van der Waals surface area contributed by atoms with E-state index in [1.165, 1.54) is 44.3 Å². The van der Waals surface area contributed by atoms with E-state index in [0.717, 1.165) is 35.1 Å². The molecule has 194 valence electrons. The van der Waals surface area contributed by atoms with Crippen molar-refractivity contribution >= 4 is 99.8 Å². The molecule has 16 heteroatoms. The van der Waals surface area contributed by atoms with E-state index >= 15 is 0 Å². The Balaban J connectivity index is 1.61. The van der Waals surface area contributed by atoms with Gasteiger partial charge in [0.25, 0.3) is 0 Å². The average molecular weight is 608 g/mol. The summed E-state index contributed by atoms with van der Waals surface area (Å²) in [5.41, 5.74) is 0.961. The number of aliphatic hydroxyl groups is 2. The maximum Gasteiger partial charge on any atom is 0.202 e. The van der Waals surface area contributed by atoms with E-state index in [2.05, 4.69) is 54.4 Å². The largest absolute Gasteiger partial charge is 0.394 e. The number of hydrogen-bond acceptors (Lipinski definition) is 14. The molecule has 0 bridgehead atoms. The Morgan fingerprint density at radius 2 is 1.14 bits per heavy atom. The number of rotatable bonds is 13. The van der Waals surface area contributed by atoms with Crippen molar-refractivity contribution in [1.82, 2.24) is 29.9 Å². The molecule has 4 heterocycles. The zero-order valence-corrected chi connectivity index (χ0v) is 24.1. The highest BCUT2D eigenvalue weighted by atomic mass is 35.5. The highest BCUT2D eigenvalue weighted by Gasteiger charge is 2.19. The second kappa shape index (κ2) is 13.0. The molecule has 0 saturated carbocycles. The van der Waals surface area contributed by atoms with Gasteiger partial charge in [-0.25, -0.2) is 29.9 Å². The van der Waals surface area contributed by atoms with E-state index in [-0.39, 0.29) is 25.3 Å². The van der Waals surface area contributed by atoms with Gasteiger partial charge < -0.3 is 20.8 Å². The number of hydrogen-bond donors (Lipinski definition) is 4. The Morgan fingerprint density at radius 1 is 0.722 bits per heavy atom. The minimum Gasteiger partial charge on any atom is -0.394 e. The quantitative estimate of drug-likeness (QED) is 0.109. The number of fused-ring (bicyclic) bond motifs is 2. The molecule has 0 aliphatic heterocycles. The number of nitrogens with zero attached hydrogens (tertiary/aromatic N) is 6. The van der Waals surface area contributed by atoms with Crippen LogP contribution in [0.2, 0.25) is 8.93 Å². The zero-order chi connectivity index (χ0) is 25.7. The van der Waals surface area contributed by atoms with E-state index in [0.29, 0.717) is 42.2 Å². The van der Waals surface area contributed by atoms with Gasteiger partial charge in [0.1, 0.15) is 9.40 Å². The fourth-order valence-electron chi connectivity index (χ4n) is 3.40. The zero-order valence-electron chi connectivity index (χ0n) is 19.4. The Morgan fingerprint density at radius 3 is 1.50 bits per heavy atom. The molecule has 4 rings (SSSR count). The monoisotopic (exact) mass is 606 g/mol. The Labute approximate surface area is 233 Å². The van der Waals surface area contributed by atoms with Crippen LogP contribution in [0.4, 0.5) is 11.6 Å². The molecule has 0 unspecified atom stereocenters. The molecule has 0 spiro atoms. The normalized spacial score (nSPS) is 13.4. The van der Waals surface area contributed by atoms with Gasteiger partial charge >= 0.3 is 0 Å². The summed E-state index contributed by atoms with van der Waals surface area (Å²) in [5, 5.41) is 27.0. The summed E-state index contributed by atoms with van der Waals surface area (Å²) < 4.78 is 2.19. The summed E-state index contributed by atoms with van der Waals surface area (Å²) in [7, 11) is 2.55. The number of anilines is 2. The predicted octanol–water partition coefficient (Wildman–Crippen LogP) is 5.74. The summed E-state index contributed by atoms with van der Waals surface area (Å²) in [6.07, 6.45) is 3.41. The fourth-order valence-corrected chi connectivity index (χ4v) is 6.94. The van der Waals surface area contributed by atoms with Crippen LogP contribution in [0.1, 0.15) is 39.5 Å². The molecular weight excluding hydrogens is 583 g/mol. The SMILES string of the molecule is CCC[C@H](CO)Nc1nc(SSc2nc(N[C@@H](CO)CCC)c3sc(Cl)nc3n2)nc2nc(Cl)sc12. The first-order valence-electron chi connectivity index (χ1n) is 11.2. The lowest BCUT2D eigenvalue weighted by atomic mass is 10.2. The van der Waals surface area contributed by atoms with Crippen LogP contribution in [0.25, 0.3) is 20.7 Å². The first-order chi connectivity index (χ1) is 17.4. The third kappa shape index (κ3) is 6.78. The van der Waals surface area contributed by atoms with Crippen LogP contribution in [0, 0.1) is 0 Å². The Bertz CT molecular complexity index is 1220. The molecule has 0 aromatic carbocycles. The van der Waals surface area contributed by atoms with E-state index in [4.69, 9.17) is 23.2 Å². The number of halogens is 2. The van der Waals surface area contributed by atoms with E-state index in [1.807, 2.05) is 0 Å². The van der Waals surface area contributed by atoms with Crippen molar-refractivity contribution in [2.24, 2.45) is 0 Å². The van der Waals surface area contributed by atoms with Crippen molar-refractivity contribution in [3.8, 4) is 0 Å². The molecular formula is C20H24Cl2N8O2S4. The van der Waals surface area contributed by atoms with Gasteiger partial charge in [-0.15, -0.1) is 0 Å². The van der Waals surface area contributed by atoms with Crippen molar-refractivity contribution < 1.29 is 10.2 Å². The summed E-state index contributed by atoms with van der Waals surface area (Å²) in [6.45, 7) is 4.08. The summed E-state index contributed by atoms with van der Waals surface area (Å²) in [5.74, 6) is 1.16. The van der Waals surface area contributed by atoms with Gasteiger partial charge in [-0.3, -0.25) is 0 Å². The van der Waals surface area contributed by atoms with Crippen LogP contribution in [-0.4, -0.2) is 65.4 Å². The van der Waals surface area contributed by atoms with E-state index < -0.39 is 0 Å². The summed E-state index contributed by atoms with van der Waals surface area (Å²) in [6, 6.07) is -0.285. The highest BCUT2D eigenvalue weighted by molar-refractivity contribution is 8.76. The maximum atomic E-state index is 9.74. The number of nitrogens with one attached hydrogen (secondary N) is 2. The van der Waals surface area contributed by atoms with Crippen molar-refractivity contribution in [3.63, 3.8) is 0 Å². The van der Waals surface area contributed by atoms with Gasteiger partial charge in [0.05, 0.1) is 25.3 Å². The van der Waals surface area contributed by atoms with Crippen LogP contribution in [0.15, 0.2) is 10.3 Å². The summed E-state index contributed by atoms with van der Waals surface area (Å²) in [4.78, 5) is 27.0. The molecule has 4 aromatic rings. The van der Waals surface area contributed by atoms with Gasteiger partial charge in [-0.05, 0) is 34.4 Å². The molecule has 2 atom stereocenters. The minimum absolute atomic E-state index is 0.0181. The van der Waals surface area contributed by atoms with Gasteiger partial charge in [-0.1, -0.05) is 72.6 Å². The Kier molecular flexibility index (Phi) is 10.0. The third-order valence-electron chi connectivity index (χ3n) is 5.00. The van der Waals surface area contributed by atoms with Crippen molar-refractivity contribution in [2.75, 3.05) is 23.8 Å². The lowest BCUT2D eigenvalue weighted by molar-refractivity contribution is 0.268. The molecule has 0 fully saturated rings. The lowest BCUT2D eigenvalue weighted by Crippen LogP contribution is -2.24. The second-order valence-corrected chi connectivity index (χ2v) is 13.0.